The molecule has 5 N–H and O–H groups in total. The summed E-state index contributed by atoms with van der Waals surface area (Å²) in [6, 6.07) is 5.57. The SMILES string of the molecule is Cc1cc(N(CCOCCO)CCOCCOCCO)ccc1/N=N/c1sc(C(N)=O)c(C)c1C(=O)O. The zero-order valence-electron chi connectivity index (χ0n) is 21.0. The van der Waals surface area contributed by atoms with Crippen molar-refractivity contribution in [2.75, 3.05) is 70.8 Å². The van der Waals surface area contributed by atoms with E-state index in [0.29, 0.717) is 45.2 Å². The number of primary amides is 1. The number of hydrogen-bond acceptors (Lipinski definition) is 11. The van der Waals surface area contributed by atoms with Gasteiger partial charge in [0.15, 0.2) is 5.00 Å². The number of aryl methyl sites for hydroxylation is 1. The van der Waals surface area contributed by atoms with Gasteiger partial charge >= 0.3 is 5.97 Å². The predicted octanol–water partition coefficient (Wildman–Crippen LogP) is 2.42. The highest BCUT2D eigenvalue weighted by Crippen LogP contribution is 2.37. The molecule has 0 unspecified atom stereocenters. The number of aliphatic hydroxyl groups is 2. The summed E-state index contributed by atoms with van der Waals surface area (Å²) in [6.07, 6.45) is 0. The molecule has 0 bridgehead atoms. The number of nitrogens with two attached hydrogens (primary N) is 1. The number of azo groups is 1. The number of carbonyl (C=O) groups is 2. The quantitative estimate of drug-likeness (QED) is 0.164. The van der Waals surface area contributed by atoms with Crippen LogP contribution in [0, 0.1) is 13.8 Å². The van der Waals surface area contributed by atoms with Gasteiger partial charge in [-0.25, -0.2) is 4.79 Å². The maximum atomic E-state index is 11.7. The molecule has 37 heavy (non-hydrogen) atoms. The van der Waals surface area contributed by atoms with E-state index in [4.69, 9.17) is 30.2 Å². The second-order valence-electron chi connectivity index (χ2n) is 7.85. The fraction of sp³-hybridized carbons (Fsp3) is 0.500. The van der Waals surface area contributed by atoms with Crippen LogP contribution in [-0.2, 0) is 14.2 Å². The third-order valence-corrected chi connectivity index (χ3v) is 6.40. The zero-order chi connectivity index (χ0) is 27.2. The number of amides is 1. The lowest BCUT2D eigenvalue weighted by Crippen LogP contribution is -2.31. The minimum absolute atomic E-state index is 0.0291. The summed E-state index contributed by atoms with van der Waals surface area (Å²) in [5.74, 6) is -1.92. The van der Waals surface area contributed by atoms with Crippen molar-refractivity contribution in [1.29, 1.82) is 0 Å². The first-order chi connectivity index (χ1) is 17.8. The molecular formula is C24H34N4O8S. The number of aromatic carboxylic acids is 1. The number of aliphatic hydroxyl groups excluding tert-OH is 2. The Labute approximate surface area is 219 Å². The highest BCUT2D eigenvalue weighted by Gasteiger charge is 2.23. The van der Waals surface area contributed by atoms with Crippen LogP contribution in [0.25, 0.3) is 0 Å². The number of anilines is 1. The van der Waals surface area contributed by atoms with Gasteiger partial charge in [-0.15, -0.1) is 21.6 Å². The highest BCUT2D eigenvalue weighted by molar-refractivity contribution is 7.18. The van der Waals surface area contributed by atoms with E-state index in [1.54, 1.807) is 6.07 Å². The van der Waals surface area contributed by atoms with E-state index in [9.17, 15) is 14.7 Å². The molecule has 1 aromatic carbocycles. The average molecular weight is 539 g/mol. The molecule has 12 nitrogen and oxygen atoms in total. The third kappa shape index (κ3) is 9.46. The van der Waals surface area contributed by atoms with E-state index in [0.717, 1.165) is 22.6 Å². The molecule has 0 atom stereocenters. The van der Waals surface area contributed by atoms with Crippen LogP contribution in [0.3, 0.4) is 0 Å². The molecule has 1 heterocycles. The first-order valence-electron chi connectivity index (χ1n) is 11.7. The Kier molecular flexibility index (Phi) is 13.1. The van der Waals surface area contributed by atoms with Crippen LogP contribution in [0.4, 0.5) is 16.4 Å². The van der Waals surface area contributed by atoms with Gasteiger partial charge in [0, 0.05) is 18.8 Å². The number of benzene rings is 1. The lowest BCUT2D eigenvalue weighted by molar-refractivity contribution is 0.0347. The number of carboxylic acid groups (broad SMARTS) is 1. The second kappa shape index (κ2) is 16.0. The molecule has 0 saturated heterocycles. The van der Waals surface area contributed by atoms with Gasteiger partial charge in [0.25, 0.3) is 5.91 Å². The van der Waals surface area contributed by atoms with Gasteiger partial charge in [-0.1, -0.05) is 0 Å². The van der Waals surface area contributed by atoms with Crippen LogP contribution in [0.15, 0.2) is 28.4 Å². The van der Waals surface area contributed by atoms with Gasteiger partial charge in [-0.2, -0.15) is 0 Å². The van der Waals surface area contributed by atoms with Crippen molar-refractivity contribution in [2.45, 2.75) is 13.8 Å². The fourth-order valence-corrected chi connectivity index (χ4v) is 4.35. The first-order valence-corrected chi connectivity index (χ1v) is 12.5. The maximum absolute atomic E-state index is 11.7. The van der Waals surface area contributed by atoms with E-state index >= 15 is 0 Å². The van der Waals surface area contributed by atoms with E-state index in [1.165, 1.54) is 6.92 Å². The Hall–Kier alpha value is -2.94. The molecule has 0 fully saturated rings. The number of carboxylic acids is 1. The van der Waals surface area contributed by atoms with Gasteiger partial charge in [0.05, 0.1) is 63.4 Å². The molecule has 0 aliphatic heterocycles. The van der Waals surface area contributed by atoms with Crippen LogP contribution in [0.2, 0.25) is 0 Å². The fourth-order valence-electron chi connectivity index (χ4n) is 3.38. The smallest absolute Gasteiger partial charge is 0.339 e. The normalized spacial score (nSPS) is 11.4. The van der Waals surface area contributed by atoms with Crippen LogP contribution in [0.1, 0.15) is 31.2 Å². The van der Waals surface area contributed by atoms with Gasteiger partial charge in [0.2, 0.25) is 0 Å². The molecule has 0 aliphatic rings. The third-order valence-electron chi connectivity index (χ3n) is 5.21. The Balaban J connectivity index is 2.14. The minimum atomic E-state index is -1.21. The van der Waals surface area contributed by atoms with E-state index in [1.807, 2.05) is 19.1 Å². The van der Waals surface area contributed by atoms with Crippen molar-refractivity contribution < 1.29 is 39.1 Å². The van der Waals surface area contributed by atoms with Gasteiger partial charge < -0.3 is 40.2 Å². The minimum Gasteiger partial charge on any atom is -0.478 e. The van der Waals surface area contributed by atoms with Crippen LogP contribution in [0.5, 0.6) is 0 Å². The first kappa shape index (κ1) is 30.3. The average Bonchev–Trinajstić information content (AvgIpc) is 3.20. The van der Waals surface area contributed by atoms with Crippen molar-refractivity contribution >= 4 is 39.6 Å². The van der Waals surface area contributed by atoms with Crippen molar-refractivity contribution in [3.8, 4) is 0 Å². The number of carbonyl (C=O) groups excluding carboxylic acids is 1. The monoisotopic (exact) mass is 538 g/mol. The summed E-state index contributed by atoms with van der Waals surface area (Å²) in [4.78, 5) is 25.5. The summed E-state index contributed by atoms with van der Waals surface area (Å²) >= 11 is 0.895. The molecule has 1 aromatic heterocycles. The van der Waals surface area contributed by atoms with Crippen LogP contribution in [-0.4, -0.2) is 93.1 Å². The van der Waals surface area contributed by atoms with Gasteiger partial charge in [-0.05, 0) is 43.2 Å². The lowest BCUT2D eigenvalue weighted by atomic mass is 10.1. The molecule has 0 radical (unpaired) electrons. The molecule has 2 aromatic rings. The Morgan fingerprint density at radius 2 is 1.54 bits per heavy atom. The van der Waals surface area contributed by atoms with E-state index < -0.39 is 11.9 Å². The zero-order valence-corrected chi connectivity index (χ0v) is 21.8. The van der Waals surface area contributed by atoms with E-state index in [2.05, 4.69) is 15.1 Å². The van der Waals surface area contributed by atoms with Crippen molar-refractivity contribution in [2.24, 2.45) is 16.0 Å². The van der Waals surface area contributed by atoms with Gasteiger partial charge in [0.1, 0.15) is 5.56 Å². The topological polar surface area (TPSA) is 176 Å². The number of hydrogen-bond donors (Lipinski definition) is 4. The molecule has 0 aliphatic carbocycles. The number of ether oxygens (including phenoxy) is 3. The Bertz CT molecular complexity index is 1060. The van der Waals surface area contributed by atoms with Crippen molar-refractivity contribution in [1.82, 2.24) is 0 Å². The second-order valence-corrected chi connectivity index (χ2v) is 8.85. The van der Waals surface area contributed by atoms with Crippen LogP contribution < -0.4 is 10.6 Å². The molecule has 0 saturated carbocycles. The summed E-state index contributed by atoms with van der Waals surface area (Å²) in [5, 5.41) is 35.6. The largest absolute Gasteiger partial charge is 0.478 e. The number of nitrogens with zero attached hydrogens (tertiary/aromatic N) is 3. The Morgan fingerprint density at radius 1 is 0.946 bits per heavy atom. The van der Waals surface area contributed by atoms with Crippen LogP contribution >= 0.6 is 11.3 Å². The summed E-state index contributed by atoms with van der Waals surface area (Å²) in [6.45, 7) is 6.63. The maximum Gasteiger partial charge on any atom is 0.339 e. The molecule has 13 heteroatoms. The van der Waals surface area contributed by atoms with Gasteiger partial charge in [-0.3, -0.25) is 4.79 Å². The molecule has 204 valence electrons. The molecular weight excluding hydrogens is 504 g/mol. The standard InChI is InChI=1S/C24H34N4O8S/c1-16-15-18(28(5-9-34-11-7-29)6-10-35-13-14-36-12-8-30)3-4-19(16)26-27-23-20(24(32)33)17(2)21(37-23)22(25)31/h3-4,15,29-30H,5-14H2,1-2H3,(H2,25,31)(H,32,33)/b27-26+. The summed E-state index contributed by atoms with van der Waals surface area (Å²) in [5.41, 5.74) is 7.78. The summed E-state index contributed by atoms with van der Waals surface area (Å²) in [7, 11) is 0. The summed E-state index contributed by atoms with van der Waals surface area (Å²) < 4.78 is 16.2. The number of rotatable bonds is 18. The molecule has 0 spiro atoms. The van der Waals surface area contributed by atoms with Crippen molar-refractivity contribution in [3.05, 3.63) is 39.8 Å². The Morgan fingerprint density at radius 3 is 2.08 bits per heavy atom. The molecule has 1 amide bonds. The van der Waals surface area contributed by atoms with E-state index in [-0.39, 0.29) is 47.4 Å². The molecule has 2 rings (SSSR count). The highest BCUT2D eigenvalue weighted by atomic mass is 32.1. The number of thiophene rings is 1. The van der Waals surface area contributed by atoms with Crippen molar-refractivity contribution in [3.63, 3.8) is 0 Å². The lowest BCUT2D eigenvalue weighted by Gasteiger charge is -2.25. The predicted molar refractivity (Wildman–Crippen MR) is 139 cm³/mol.